The maximum Gasteiger partial charge on any atom is 0.335 e. The molecule has 196 valence electrons. The number of carbonyl (C=O) groups excluding carboxylic acids is 1. The molecule has 0 unspecified atom stereocenters. The van der Waals surface area contributed by atoms with Crippen molar-refractivity contribution in [3.63, 3.8) is 0 Å². The Bertz CT molecular complexity index is 1110. The van der Waals surface area contributed by atoms with Gasteiger partial charge in [0.05, 0.1) is 17.7 Å². The lowest BCUT2D eigenvalue weighted by Crippen LogP contribution is -2.36. The van der Waals surface area contributed by atoms with E-state index in [-0.39, 0.29) is 18.1 Å². The molecule has 1 aliphatic heterocycles. The molecule has 1 saturated heterocycles. The lowest BCUT2D eigenvalue weighted by Gasteiger charge is -2.33. The number of rotatable bonds is 9. The van der Waals surface area contributed by atoms with Crippen molar-refractivity contribution in [2.45, 2.75) is 31.9 Å². The summed E-state index contributed by atoms with van der Waals surface area (Å²) in [5, 5.41) is 21.2. The standard InChI is InChI=1S/C23H31N3O2.C7H6O2/c1-3-14-24-23(28)19-9-11-20(12-10-19)25(2)22(18-7-5-4-6-8-18)17-26-15-13-21(27)16-26;8-7(9)6-4-2-1-3-5-6/h4-12,21-22,27H,3,13-17H2,1-2H3,(H,24,28);1-5H,(H,8,9)/t21-,22+;/m0./s1. The molecule has 0 aliphatic carbocycles. The van der Waals surface area contributed by atoms with Crippen molar-refractivity contribution in [1.82, 2.24) is 10.2 Å². The summed E-state index contributed by atoms with van der Waals surface area (Å²) >= 11 is 0. The van der Waals surface area contributed by atoms with Gasteiger partial charge in [-0.05, 0) is 54.8 Å². The SMILES string of the molecule is CCCNC(=O)c1ccc(N(C)[C@H](CN2CC[C@H](O)C2)c2ccccc2)cc1.O=C(O)c1ccccc1. The predicted molar refractivity (Wildman–Crippen MR) is 147 cm³/mol. The summed E-state index contributed by atoms with van der Waals surface area (Å²) in [6.07, 6.45) is 1.55. The second-order valence-corrected chi connectivity index (χ2v) is 9.21. The summed E-state index contributed by atoms with van der Waals surface area (Å²) in [5.41, 5.74) is 3.33. The highest BCUT2D eigenvalue weighted by Crippen LogP contribution is 2.28. The van der Waals surface area contributed by atoms with Gasteiger partial charge >= 0.3 is 5.97 Å². The summed E-state index contributed by atoms with van der Waals surface area (Å²) in [5.74, 6) is -0.905. The van der Waals surface area contributed by atoms with Crippen LogP contribution in [0.5, 0.6) is 0 Å². The zero-order valence-corrected chi connectivity index (χ0v) is 21.6. The van der Waals surface area contributed by atoms with Crippen molar-refractivity contribution >= 4 is 17.6 Å². The fourth-order valence-electron chi connectivity index (χ4n) is 4.30. The van der Waals surface area contributed by atoms with Crippen LogP contribution in [0.4, 0.5) is 5.69 Å². The lowest BCUT2D eigenvalue weighted by atomic mass is 10.0. The molecule has 0 spiro atoms. The van der Waals surface area contributed by atoms with E-state index >= 15 is 0 Å². The third-order valence-electron chi connectivity index (χ3n) is 6.42. The zero-order chi connectivity index (χ0) is 26.6. The number of anilines is 1. The van der Waals surface area contributed by atoms with Gasteiger partial charge in [0.25, 0.3) is 5.91 Å². The number of aromatic carboxylic acids is 1. The number of aliphatic hydroxyl groups is 1. The van der Waals surface area contributed by atoms with E-state index in [1.807, 2.05) is 37.3 Å². The fraction of sp³-hybridized carbons (Fsp3) is 0.333. The first-order chi connectivity index (χ1) is 17.9. The number of benzene rings is 3. The third-order valence-corrected chi connectivity index (χ3v) is 6.42. The second-order valence-electron chi connectivity index (χ2n) is 9.21. The summed E-state index contributed by atoms with van der Waals surface area (Å²) in [4.78, 5) is 26.9. The Labute approximate surface area is 219 Å². The van der Waals surface area contributed by atoms with Crippen LogP contribution in [0.25, 0.3) is 0 Å². The van der Waals surface area contributed by atoms with Crippen LogP contribution < -0.4 is 10.2 Å². The normalized spacial score (nSPS) is 15.8. The fourth-order valence-corrected chi connectivity index (χ4v) is 4.30. The number of hydrogen-bond acceptors (Lipinski definition) is 5. The molecule has 1 amide bonds. The molecule has 7 heteroatoms. The summed E-state index contributed by atoms with van der Waals surface area (Å²) in [6, 6.07) is 26.7. The molecular weight excluding hydrogens is 466 g/mol. The first-order valence-corrected chi connectivity index (χ1v) is 12.7. The average Bonchev–Trinajstić information content (AvgIpc) is 3.36. The Morgan fingerprint density at radius 3 is 2.11 bits per heavy atom. The van der Waals surface area contributed by atoms with Gasteiger partial charge in [-0.25, -0.2) is 4.79 Å². The molecule has 0 radical (unpaired) electrons. The van der Waals surface area contributed by atoms with Gasteiger partial charge in [-0.1, -0.05) is 55.5 Å². The Balaban J connectivity index is 0.000000356. The number of amides is 1. The van der Waals surface area contributed by atoms with Crippen molar-refractivity contribution in [2.75, 3.05) is 38.1 Å². The molecule has 7 nitrogen and oxygen atoms in total. The molecule has 3 aromatic carbocycles. The van der Waals surface area contributed by atoms with Crippen LogP contribution in [0.3, 0.4) is 0 Å². The van der Waals surface area contributed by atoms with Crippen molar-refractivity contribution in [2.24, 2.45) is 0 Å². The number of carboxylic acid groups (broad SMARTS) is 1. The van der Waals surface area contributed by atoms with Crippen molar-refractivity contribution in [3.8, 4) is 0 Å². The van der Waals surface area contributed by atoms with E-state index in [0.29, 0.717) is 17.7 Å². The molecule has 2 atom stereocenters. The number of carbonyl (C=O) groups is 2. The quantitative estimate of drug-likeness (QED) is 0.399. The molecule has 37 heavy (non-hydrogen) atoms. The van der Waals surface area contributed by atoms with Crippen LogP contribution in [0.15, 0.2) is 84.9 Å². The van der Waals surface area contributed by atoms with Crippen LogP contribution in [0, 0.1) is 0 Å². The summed E-state index contributed by atoms with van der Waals surface area (Å²) < 4.78 is 0. The van der Waals surface area contributed by atoms with Crippen LogP contribution in [0.2, 0.25) is 0 Å². The zero-order valence-electron chi connectivity index (χ0n) is 21.6. The van der Waals surface area contributed by atoms with Crippen molar-refractivity contribution in [3.05, 3.63) is 102 Å². The highest BCUT2D eigenvalue weighted by Gasteiger charge is 2.26. The Morgan fingerprint density at radius 2 is 1.59 bits per heavy atom. The highest BCUT2D eigenvalue weighted by molar-refractivity contribution is 5.94. The molecule has 1 aliphatic rings. The van der Waals surface area contributed by atoms with E-state index in [2.05, 4.69) is 46.4 Å². The van der Waals surface area contributed by atoms with Crippen LogP contribution in [-0.2, 0) is 0 Å². The van der Waals surface area contributed by atoms with E-state index in [1.165, 1.54) is 5.56 Å². The van der Waals surface area contributed by atoms with E-state index in [0.717, 1.165) is 38.2 Å². The van der Waals surface area contributed by atoms with Gasteiger partial charge in [0, 0.05) is 44.5 Å². The monoisotopic (exact) mass is 503 g/mol. The minimum absolute atomic E-state index is 0.0262. The van der Waals surface area contributed by atoms with E-state index in [1.54, 1.807) is 30.3 Å². The molecule has 3 N–H and O–H groups in total. The number of aliphatic hydroxyl groups excluding tert-OH is 1. The van der Waals surface area contributed by atoms with E-state index < -0.39 is 5.97 Å². The lowest BCUT2D eigenvalue weighted by molar-refractivity contribution is 0.0696. The van der Waals surface area contributed by atoms with Crippen LogP contribution in [-0.4, -0.2) is 66.3 Å². The van der Waals surface area contributed by atoms with Gasteiger partial charge < -0.3 is 20.4 Å². The minimum Gasteiger partial charge on any atom is -0.478 e. The topological polar surface area (TPSA) is 93.1 Å². The Hall–Kier alpha value is -3.68. The first kappa shape index (κ1) is 27.9. The molecule has 4 rings (SSSR count). The van der Waals surface area contributed by atoms with Gasteiger partial charge in [0.15, 0.2) is 0 Å². The number of nitrogens with one attached hydrogen (secondary N) is 1. The third kappa shape index (κ3) is 8.44. The van der Waals surface area contributed by atoms with Gasteiger partial charge in [0.2, 0.25) is 0 Å². The average molecular weight is 504 g/mol. The molecule has 1 heterocycles. The summed E-state index contributed by atoms with van der Waals surface area (Å²) in [6.45, 7) is 5.25. The first-order valence-electron chi connectivity index (χ1n) is 12.7. The molecule has 0 aromatic heterocycles. The smallest absolute Gasteiger partial charge is 0.335 e. The Kier molecular flexibility index (Phi) is 10.7. The van der Waals surface area contributed by atoms with Crippen LogP contribution >= 0.6 is 0 Å². The number of nitrogens with zero attached hydrogens (tertiary/aromatic N) is 2. The van der Waals surface area contributed by atoms with Gasteiger partial charge in [-0.2, -0.15) is 0 Å². The maximum atomic E-state index is 12.1. The van der Waals surface area contributed by atoms with Gasteiger partial charge in [0.1, 0.15) is 0 Å². The predicted octanol–water partition coefficient (Wildman–Crippen LogP) is 4.46. The number of likely N-dealkylation sites (N-methyl/N-ethyl adjacent to an activating group) is 1. The largest absolute Gasteiger partial charge is 0.478 e. The van der Waals surface area contributed by atoms with Crippen LogP contribution in [0.1, 0.15) is 52.1 Å². The molecule has 1 fully saturated rings. The van der Waals surface area contributed by atoms with E-state index in [9.17, 15) is 14.7 Å². The molecular formula is C30H37N3O4. The van der Waals surface area contributed by atoms with E-state index in [4.69, 9.17) is 5.11 Å². The Morgan fingerprint density at radius 1 is 0.973 bits per heavy atom. The number of hydrogen-bond donors (Lipinski definition) is 3. The minimum atomic E-state index is -0.879. The number of β-amino-alcohol motifs (C(OH)–C–C–N with tert-alkyl or cyclic N) is 1. The maximum absolute atomic E-state index is 12.1. The molecule has 0 bridgehead atoms. The van der Waals surface area contributed by atoms with Crippen molar-refractivity contribution < 1.29 is 19.8 Å². The van der Waals surface area contributed by atoms with Crippen molar-refractivity contribution in [1.29, 1.82) is 0 Å². The van der Waals surface area contributed by atoms with Gasteiger partial charge in [-0.3, -0.25) is 9.69 Å². The number of carboxylic acids is 1. The highest BCUT2D eigenvalue weighted by atomic mass is 16.4. The molecule has 0 saturated carbocycles. The number of likely N-dealkylation sites (tertiary alicyclic amines) is 1. The second kappa shape index (κ2) is 14.2. The van der Waals surface area contributed by atoms with Gasteiger partial charge in [-0.15, -0.1) is 0 Å². The molecule has 3 aromatic rings. The summed E-state index contributed by atoms with van der Waals surface area (Å²) in [7, 11) is 2.09.